The third-order valence-electron chi connectivity index (χ3n) is 2.88. The van der Waals surface area contributed by atoms with Crippen LogP contribution in [0.1, 0.15) is 32.6 Å². The van der Waals surface area contributed by atoms with Crippen LogP contribution < -0.4 is 5.32 Å². The molecule has 1 atom stereocenters. The van der Waals surface area contributed by atoms with Gasteiger partial charge in [0.1, 0.15) is 0 Å². The first-order valence-electron chi connectivity index (χ1n) is 5.90. The van der Waals surface area contributed by atoms with Crippen molar-refractivity contribution in [3.05, 3.63) is 0 Å². The smallest absolute Gasteiger partial charge is 0.317 e. The molecule has 1 heterocycles. The van der Waals surface area contributed by atoms with E-state index in [1.165, 1.54) is 0 Å². The molecule has 0 saturated carbocycles. The van der Waals surface area contributed by atoms with Crippen molar-refractivity contribution >= 4 is 12.0 Å². The quantitative estimate of drug-likeness (QED) is 0.745. The van der Waals surface area contributed by atoms with Crippen LogP contribution in [0.5, 0.6) is 0 Å². The summed E-state index contributed by atoms with van der Waals surface area (Å²) in [5.74, 6) is -1.29. The summed E-state index contributed by atoms with van der Waals surface area (Å²) in [7, 11) is 0. The van der Waals surface area contributed by atoms with Crippen LogP contribution in [-0.4, -0.2) is 41.6 Å². The van der Waals surface area contributed by atoms with E-state index in [0.29, 0.717) is 6.42 Å². The van der Waals surface area contributed by atoms with E-state index in [1.807, 2.05) is 6.92 Å². The molecule has 5 heteroatoms. The summed E-state index contributed by atoms with van der Waals surface area (Å²) in [4.78, 5) is 24.2. The van der Waals surface area contributed by atoms with Crippen LogP contribution in [0.4, 0.5) is 4.79 Å². The first-order valence-corrected chi connectivity index (χ1v) is 5.90. The Labute approximate surface area is 95.8 Å². The van der Waals surface area contributed by atoms with E-state index in [0.717, 1.165) is 32.4 Å². The lowest BCUT2D eigenvalue weighted by atomic mass is 10.0. The number of nitrogens with zero attached hydrogens (tertiary/aromatic N) is 1. The van der Waals surface area contributed by atoms with Crippen molar-refractivity contribution in [3.63, 3.8) is 0 Å². The number of hydrogen-bond donors (Lipinski definition) is 2. The zero-order chi connectivity index (χ0) is 12.0. The number of carbonyl (C=O) groups is 2. The SMILES string of the molecule is CCCC(CNC(=O)N1CCCC1)C(=O)O. The fourth-order valence-corrected chi connectivity index (χ4v) is 1.90. The summed E-state index contributed by atoms with van der Waals surface area (Å²) in [6.07, 6.45) is 3.52. The molecule has 0 aromatic carbocycles. The van der Waals surface area contributed by atoms with Crippen molar-refractivity contribution in [3.8, 4) is 0 Å². The number of amides is 2. The predicted molar refractivity (Wildman–Crippen MR) is 60.2 cm³/mol. The van der Waals surface area contributed by atoms with Crippen LogP contribution >= 0.6 is 0 Å². The van der Waals surface area contributed by atoms with Crippen LogP contribution in [0.25, 0.3) is 0 Å². The third-order valence-corrected chi connectivity index (χ3v) is 2.88. The average molecular weight is 228 g/mol. The molecule has 0 aliphatic carbocycles. The van der Waals surface area contributed by atoms with Crippen molar-refractivity contribution in [1.29, 1.82) is 0 Å². The Bertz CT molecular complexity index is 250. The number of aliphatic carboxylic acids is 1. The monoisotopic (exact) mass is 228 g/mol. The Morgan fingerprint density at radius 2 is 2.00 bits per heavy atom. The minimum Gasteiger partial charge on any atom is -0.481 e. The van der Waals surface area contributed by atoms with Gasteiger partial charge in [-0.2, -0.15) is 0 Å². The number of hydrogen-bond acceptors (Lipinski definition) is 2. The van der Waals surface area contributed by atoms with Gasteiger partial charge in [-0.25, -0.2) is 4.79 Å². The van der Waals surface area contributed by atoms with E-state index >= 15 is 0 Å². The van der Waals surface area contributed by atoms with Crippen molar-refractivity contribution in [2.45, 2.75) is 32.6 Å². The lowest BCUT2D eigenvalue weighted by molar-refractivity contribution is -0.141. The molecule has 1 saturated heterocycles. The second-order valence-electron chi connectivity index (χ2n) is 4.20. The van der Waals surface area contributed by atoms with Gasteiger partial charge in [-0.05, 0) is 19.3 Å². The molecule has 92 valence electrons. The standard InChI is InChI=1S/C11H20N2O3/c1-2-5-9(10(14)15)8-12-11(16)13-6-3-4-7-13/h9H,2-8H2,1H3,(H,12,16)(H,14,15). The van der Waals surface area contributed by atoms with E-state index in [-0.39, 0.29) is 12.6 Å². The molecular weight excluding hydrogens is 208 g/mol. The maximum atomic E-state index is 11.6. The van der Waals surface area contributed by atoms with E-state index in [2.05, 4.69) is 5.32 Å². The van der Waals surface area contributed by atoms with Crippen molar-refractivity contribution in [1.82, 2.24) is 10.2 Å². The van der Waals surface area contributed by atoms with Gasteiger partial charge in [0.15, 0.2) is 0 Å². The molecule has 5 nitrogen and oxygen atoms in total. The van der Waals surface area contributed by atoms with Gasteiger partial charge < -0.3 is 15.3 Å². The Morgan fingerprint density at radius 3 is 2.50 bits per heavy atom. The number of rotatable bonds is 5. The Kier molecular flexibility index (Phi) is 5.08. The summed E-state index contributed by atoms with van der Waals surface area (Å²) >= 11 is 0. The fraction of sp³-hybridized carbons (Fsp3) is 0.818. The van der Waals surface area contributed by atoms with Crippen molar-refractivity contribution in [2.75, 3.05) is 19.6 Å². The maximum Gasteiger partial charge on any atom is 0.317 e. The molecule has 1 fully saturated rings. The predicted octanol–water partition coefficient (Wildman–Crippen LogP) is 1.29. The zero-order valence-corrected chi connectivity index (χ0v) is 9.74. The summed E-state index contributed by atoms with van der Waals surface area (Å²) in [5, 5.41) is 11.6. The topological polar surface area (TPSA) is 69.6 Å². The third kappa shape index (κ3) is 3.72. The van der Waals surface area contributed by atoms with E-state index < -0.39 is 11.9 Å². The molecule has 2 N–H and O–H groups in total. The van der Waals surface area contributed by atoms with Crippen LogP contribution in [0.2, 0.25) is 0 Å². The Morgan fingerprint density at radius 1 is 1.38 bits per heavy atom. The first kappa shape index (κ1) is 12.8. The highest BCUT2D eigenvalue weighted by atomic mass is 16.4. The number of urea groups is 1. The summed E-state index contributed by atoms with van der Waals surface area (Å²) < 4.78 is 0. The van der Waals surface area contributed by atoms with Gasteiger partial charge in [0.2, 0.25) is 0 Å². The number of carbonyl (C=O) groups excluding carboxylic acids is 1. The molecule has 1 rings (SSSR count). The first-order chi connectivity index (χ1) is 7.65. The van der Waals surface area contributed by atoms with Gasteiger partial charge in [-0.3, -0.25) is 4.79 Å². The highest BCUT2D eigenvalue weighted by Gasteiger charge is 2.21. The Hall–Kier alpha value is -1.26. The van der Waals surface area contributed by atoms with E-state index in [4.69, 9.17) is 5.11 Å². The van der Waals surface area contributed by atoms with E-state index in [9.17, 15) is 9.59 Å². The second kappa shape index (κ2) is 6.35. The van der Waals surface area contributed by atoms with Crippen LogP contribution in [-0.2, 0) is 4.79 Å². The van der Waals surface area contributed by atoms with Crippen LogP contribution in [0.3, 0.4) is 0 Å². The minimum absolute atomic E-state index is 0.125. The highest BCUT2D eigenvalue weighted by Crippen LogP contribution is 2.08. The summed E-state index contributed by atoms with van der Waals surface area (Å²) in [6, 6.07) is -0.125. The van der Waals surface area contributed by atoms with Gasteiger partial charge in [-0.1, -0.05) is 13.3 Å². The maximum absolute atomic E-state index is 11.6. The summed E-state index contributed by atoms with van der Waals surface area (Å²) in [5.41, 5.74) is 0. The van der Waals surface area contributed by atoms with E-state index in [1.54, 1.807) is 4.90 Å². The molecule has 0 spiro atoms. The molecule has 0 radical (unpaired) electrons. The number of carboxylic acids is 1. The Balaban J connectivity index is 2.30. The molecule has 0 aromatic rings. The molecule has 0 aromatic heterocycles. The molecule has 1 unspecified atom stereocenters. The fourth-order valence-electron chi connectivity index (χ4n) is 1.90. The number of carboxylic acid groups (broad SMARTS) is 1. The molecule has 1 aliphatic rings. The van der Waals surface area contributed by atoms with Gasteiger partial charge in [0.05, 0.1) is 5.92 Å². The van der Waals surface area contributed by atoms with Crippen LogP contribution in [0.15, 0.2) is 0 Å². The zero-order valence-electron chi connectivity index (χ0n) is 9.74. The van der Waals surface area contributed by atoms with Gasteiger partial charge in [-0.15, -0.1) is 0 Å². The molecule has 16 heavy (non-hydrogen) atoms. The molecule has 2 amide bonds. The lowest BCUT2D eigenvalue weighted by Gasteiger charge is -2.18. The number of nitrogens with one attached hydrogen (secondary N) is 1. The second-order valence-corrected chi connectivity index (χ2v) is 4.20. The van der Waals surface area contributed by atoms with Gasteiger partial charge in [0.25, 0.3) is 0 Å². The molecule has 1 aliphatic heterocycles. The van der Waals surface area contributed by atoms with Gasteiger partial charge >= 0.3 is 12.0 Å². The lowest BCUT2D eigenvalue weighted by Crippen LogP contribution is -2.41. The molecular formula is C11H20N2O3. The van der Waals surface area contributed by atoms with Crippen molar-refractivity contribution in [2.24, 2.45) is 5.92 Å². The highest BCUT2D eigenvalue weighted by molar-refractivity contribution is 5.76. The average Bonchev–Trinajstić information content (AvgIpc) is 2.76. The molecule has 0 bridgehead atoms. The van der Waals surface area contributed by atoms with Gasteiger partial charge in [0, 0.05) is 19.6 Å². The normalized spacial score (nSPS) is 17.2. The minimum atomic E-state index is -0.830. The van der Waals surface area contributed by atoms with Crippen molar-refractivity contribution < 1.29 is 14.7 Å². The number of likely N-dealkylation sites (tertiary alicyclic amines) is 1. The largest absolute Gasteiger partial charge is 0.481 e. The summed E-state index contributed by atoms with van der Waals surface area (Å²) in [6.45, 7) is 3.76. The van der Waals surface area contributed by atoms with Crippen LogP contribution in [0, 0.1) is 5.92 Å².